The van der Waals surface area contributed by atoms with Gasteiger partial charge in [-0.3, -0.25) is 4.79 Å². The molecule has 1 atom stereocenters. The van der Waals surface area contributed by atoms with Gasteiger partial charge in [0.05, 0.1) is 17.5 Å². The Morgan fingerprint density at radius 2 is 1.53 bits per heavy atom. The summed E-state index contributed by atoms with van der Waals surface area (Å²) in [5.74, 6) is 0.165. The minimum atomic E-state index is -0.105. The number of thioether (sulfide) groups is 1. The van der Waals surface area contributed by atoms with E-state index in [1.165, 1.54) is 17.3 Å². The van der Waals surface area contributed by atoms with E-state index in [1.807, 2.05) is 78.9 Å². The number of carbonyl (C=O) groups is 1. The van der Waals surface area contributed by atoms with Crippen molar-refractivity contribution >= 4 is 17.7 Å². The summed E-state index contributed by atoms with van der Waals surface area (Å²) < 4.78 is 1.64. The number of tetrazole rings is 1. The van der Waals surface area contributed by atoms with Crippen LogP contribution in [0.15, 0.2) is 96.2 Å². The summed E-state index contributed by atoms with van der Waals surface area (Å²) in [5.41, 5.74) is 3.11. The number of amides is 1. The number of nitrogens with one attached hydrogen (secondary N) is 1. The van der Waals surface area contributed by atoms with Crippen LogP contribution in [0.25, 0.3) is 5.69 Å². The van der Waals surface area contributed by atoms with Crippen LogP contribution in [0.4, 0.5) is 0 Å². The summed E-state index contributed by atoms with van der Waals surface area (Å²) in [5, 5.41) is 15.6. The Morgan fingerprint density at radius 1 is 0.900 bits per heavy atom. The molecule has 1 N–H and O–H groups in total. The molecule has 0 aliphatic heterocycles. The molecule has 0 spiro atoms. The maximum absolute atomic E-state index is 12.8. The maximum Gasteiger partial charge on any atom is 0.230 e. The van der Waals surface area contributed by atoms with E-state index in [4.69, 9.17) is 0 Å². The third-order valence-corrected chi connectivity index (χ3v) is 5.51. The van der Waals surface area contributed by atoms with Crippen LogP contribution in [-0.4, -0.2) is 31.9 Å². The van der Waals surface area contributed by atoms with Crippen molar-refractivity contribution in [1.82, 2.24) is 25.5 Å². The van der Waals surface area contributed by atoms with Crippen LogP contribution in [0.2, 0.25) is 0 Å². The van der Waals surface area contributed by atoms with Gasteiger partial charge in [0.2, 0.25) is 11.1 Å². The molecule has 0 fully saturated rings. The quantitative estimate of drug-likeness (QED) is 0.443. The van der Waals surface area contributed by atoms with Crippen LogP contribution < -0.4 is 5.32 Å². The highest BCUT2D eigenvalue weighted by molar-refractivity contribution is 7.99. The predicted molar refractivity (Wildman–Crippen MR) is 117 cm³/mol. The Hall–Kier alpha value is -3.45. The second kappa shape index (κ2) is 9.84. The summed E-state index contributed by atoms with van der Waals surface area (Å²) in [7, 11) is 0. The first-order chi connectivity index (χ1) is 14.8. The third-order valence-electron chi connectivity index (χ3n) is 4.59. The molecule has 0 aliphatic carbocycles. The number of nitrogens with zero attached hydrogens (tertiary/aromatic N) is 4. The highest BCUT2D eigenvalue weighted by Crippen LogP contribution is 2.21. The molecule has 0 radical (unpaired) electrons. The molecule has 0 aliphatic rings. The average Bonchev–Trinajstić information content (AvgIpc) is 3.28. The number of para-hydroxylation sites is 1. The lowest BCUT2D eigenvalue weighted by atomic mass is 9.99. The molecule has 0 saturated carbocycles. The summed E-state index contributed by atoms with van der Waals surface area (Å²) in [6.07, 6.45) is 0.725. The van der Waals surface area contributed by atoms with Crippen LogP contribution in [0.5, 0.6) is 0 Å². The highest BCUT2D eigenvalue weighted by atomic mass is 32.2. The SMILES string of the molecule is O=C(CSc1nnnn1-c1ccccc1)N[C@@H](Cc1ccccc1)c1ccccc1. The number of hydrogen-bond donors (Lipinski definition) is 1. The Labute approximate surface area is 179 Å². The monoisotopic (exact) mass is 415 g/mol. The molecule has 1 amide bonds. The normalized spacial score (nSPS) is 11.7. The van der Waals surface area contributed by atoms with Crippen molar-refractivity contribution in [1.29, 1.82) is 0 Å². The predicted octanol–water partition coefficient (Wildman–Crippen LogP) is 3.85. The molecule has 0 bridgehead atoms. The third kappa shape index (κ3) is 5.12. The fraction of sp³-hybridized carbons (Fsp3) is 0.130. The summed E-state index contributed by atoms with van der Waals surface area (Å²) >= 11 is 1.31. The summed E-state index contributed by atoms with van der Waals surface area (Å²) in [6.45, 7) is 0. The fourth-order valence-electron chi connectivity index (χ4n) is 3.15. The molecule has 4 rings (SSSR count). The van der Waals surface area contributed by atoms with E-state index >= 15 is 0 Å². The van der Waals surface area contributed by atoms with E-state index in [9.17, 15) is 4.79 Å². The Balaban J connectivity index is 1.43. The molecule has 30 heavy (non-hydrogen) atoms. The van der Waals surface area contributed by atoms with E-state index in [-0.39, 0.29) is 17.7 Å². The summed E-state index contributed by atoms with van der Waals surface area (Å²) in [4.78, 5) is 12.8. The highest BCUT2D eigenvalue weighted by Gasteiger charge is 2.17. The Morgan fingerprint density at radius 3 is 2.23 bits per heavy atom. The van der Waals surface area contributed by atoms with Crippen LogP contribution in [-0.2, 0) is 11.2 Å². The first kappa shape index (κ1) is 19.8. The fourth-order valence-corrected chi connectivity index (χ4v) is 3.86. The van der Waals surface area contributed by atoms with Crippen LogP contribution >= 0.6 is 11.8 Å². The van der Waals surface area contributed by atoms with Gasteiger partial charge in [-0.05, 0) is 40.1 Å². The summed E-state index contributed by atoms with van der Waals surface area (Å²) in [6, 6.07) is 29.7. The van der Waals surface area contributed by atoms with Gasteiger partial charge in [-0.15, -0.1) is 5.10 Å². The zero-order valence-electron chi connectivity index (χ0n) is 16.3. The molecular formula is C23H21N5OS. The standard InChI is InChI=1S/C23H21N5OS/c29-22(17-30-23-25-26-27-28(23)20-14-8-3-9-15-20)24-21(19-12-6-2-7-13-19)16-18-10-4-1-5-11-18/h1-15,21H,16-17H2,(H,24,29)/t21-/m0/s1. The lowest BCUT2D eigenvalue weighted by Gasteiger charge is -2.19. The lowest BCUT2D eigenvalue weighted by molar-refractivity contribution is -0.119. The Bertz CT molecular complexity index is 1070. The molecular weight excluding hydrogens is 394 g/mol. The van der Waals surface area contributed by atoms with Crippen molar-refractivity contribution in [2.45, 2.75) is 17.6 Å². The molecule has 150 valence electrons. The van der Waals surface area contributed by atoms with Crippen molar-refractivity contribution < 1.29 is 4.79 Å². The van der Waals surface area contributed by atoms with Crippen molar-refractivity contribution in [3.8, 4) is 5.69 Å². The van der Waals surface area contributed by atoms with Crippen LogP contribution in [0, 0.1) is 0 Å². The van der Waals surface area contributed by atoms with Gasteiger partial charge in [0.15, 0.2) is 0 Å². The molecule has 0 unspecified atom stereocenters. The van der Waals surface area contributed by atoms with E-state index in [0.717, 1.165) is 17.7 Å². The second-order valence-corrected chi connectivity index (χ2v) is 7.66. The van der Waals surface area contributed by atoms with Crippen molar-refractivity contribution in [3.63, 3.8) is 0 Å². The van der Waals surface area contributed by atoms with E-state index in [1.54, 1.807) is 4.68 Å². The average molecular weight is 416 g/mol. The second-order valence-electron chi connectivity index (χ2n) is 6.72. The first-order valence-electron chi connectivity index (χ1n) is 9.64. The van der Waals surface area contributed by atoms with E-state index in [0.29, 0.717) is 5.16 Å². The minimum Gasteiger partial charge on any atom is -0.348 e. The van der Waals surface area contributed by atoms with Gasteiger partial charge in [0.25, 0.3) is 0 Å². The van der Waals surface area contributed by atoms with Crippen LogP contribution in [0.1, 0.15) is 17.2 Å². The molecule has 7 heteroatoms. The van der Waals surface area contributed by atoms with Gasteiger partial charge >= 0.3 is 0 Å². The number of benzene rings is 3. The maximum atomic E-state index is 12.8. The topological polar surface area (TPSA) is 72.7 Å². The zero-order valence-corrected chi connectivity index (χ0v) is 17.1. The first-order valence-corrected chi connectivity index (χ1v) is 10.6. The molecule has 6 nitrogen and oxygen atoms in total. The van der Waals surface area contributed by atoms with Gasteiger partial charge in [0, 0.05) is 0 Å². The van der Waals surface area contributed by atoms with Gasteiger partial charge in [-0.25, -0.2) is 0 Å². The molecule has 4 aromatic rings. The number of rotatable bonds is 8. The Kier molecular flexibility index (Phi) is 6.51. The zero-order chi connectivity index (χ0) is 20.6. The van der Waals surface area contributed by atoms with E-state index in [2.05, 4.69) is 33.0 Å². The van der Waals surface area contributed by atoms with Gasteiger partial charge in [-0.1, -0.05) is 90.6 Å². The number of aromatic nitrogens is 4. The van der Waals surface area contributed by atoms with Gasteiger partial charge < -0.3 is 5.32 Å². The molecule has 3 aromatic carbocycles. The number of hydrogen-bond acceptors (Lipinski definition) is 5. The van der Waals surface area contributed by atoms with Crippen LogP contribution in [0.3, 0.4) is 0 Å². The molecule has 0 saturated heterocycles. The van der Waals surface area contributed by atoms with Crippen molar-refractivity contribution in [2.75, 3.05) is 5.75 Å². The largest absolute Gasteiger partial charge is 0.348 e. The smallest absolute Gasteiger partial charge is 0.230 e. The molecule has 1 heterocycles. The van der Waals surface area contributed by atoms with Gasteiger partial charge in [0.1, 0.15) is 0 Å². The van der Waals surface area contributed by atoms with Crippen molar-refractivity contribution in [2.24, 2.45) is 0 Å². The number of carbonyl (C=O) groups excluding carboxylic acids is 1. The van der Waals surface area contributed by atoms with Gasteiger partial charge in [-0.2, -0.15) is 4.68 Å². The molecule has 1 aromatic heterocycles. The lowest BCUT2D eigenvalue weighted by Crippen LogP contribution is -2.31. The van der Waals surface area contributed by atoms with Crippen molar-refractivity contribution in [3.05, 3.63) is 102 Å². The van der Waals surface area contributed by atoms with E-state index < -0.39 is 0 Å². The minimum absolute atomic E-state index is 0.0626.